The van der Waals surface area contributed by atoms with E-state index in [1.54, 1.807) is 38.4 Å². The molecule has 1 aromatic carbocycles. The molecule has 1 aromatic rings. The van der Waals surface area contributed by atoms with Crippen LogP contribution in [0.4, 0.5) is 0 Å². The van der Waals surface area contributed by atoms with E-state index in [2.05, 4.69) is 0 Å². The van der Waals surface area contributed by atoms with Gasteiger partial charge < -0.3 is 14.4 Å². The molecule has 0 bridgehead atoms. The molecule has 1 rings (SSSR count). The van der Waals surface area contributed by atoms with Crippen LogP contribution in [0, 0.1) is 11.3 Å². The van der Waals surface area contributed by atoms with Crippen molar-refractivity contribution < 1.29 is 14.3 Å². The van der Waals surface area contributed by atoms with Gasteiger partial charge in [-0.05, 0) is 18.2 Å². The SMILES string of the molecule is COCCN(C)C(=O)COc1cccc(C#N)c1. The van der Waals surface area contributed by atoms with Gasteiger partial charge in [0.1, 0.15) is 5.75 Å². The van der Waals surface area contributed by atoms with Gasteiger partial charge in [0.2, 0.25) is 0 Å². The van der Waals surface area contributed by atoms with E-state index in [1.165, 1.54) is 4.90 Å². The maximum Gasteiger partial charge on any atom is 0.260 e. The lowest BCUT2D eigenvalue weighted by molar-refractivity contribution is -0.132. The Bertz CT molecular complexity index is 440. The molecule has 5 nitrogen and oxygen atoms in total. The van der Waals surface area contributed by atoms with E-state index < -0.39 is 0 Å². The second-order valence-corrected chi connectivity index (χ2v) is 3.74. The van der Waals surface area contributed by atoms with Crippen LogP contribution in [0.5, 0.6) is 5.75 Å². The molecule has 1 amide bonds. The number of amides is 1. The molecule has 0 saturated heterocycles. The van der Waals surface area contributed by atoms with Gasteiger partial charge in [-0.1, -0.05) is 6.07 Å². The van der Waals surface area contributed by atoms with E-state index in [9.17, 15) is 4.79 Å². The number of nitrogens with zero attached hydrogens (tertiary/aromatic N) is 2. The van der Waals surface area contributed by atoms with Gasteiger partial charge in [-0.15, -0.1) is 0 Å². The molecule has 0 unspecified atom stereocenters. The molecule has 0 aromatic heterocycles. The number of carbonyl (C=O) groups excluding carboxylic acids is 1. The zero-order valence-electron chi connectivity index (χ0n) is 10.5. The number of nitriles is 1. The molecule has 96 valence electrons. The fourth-order valence-corrected chi connectivity index (χ4v) is 1.26. The van der Waals surface area contributed by atoms with E-state index in [-0.39, 0.29) is 12.5 Å². The molecule has 5 heteroatoms. The van der Waals surface area contributed by atoms with E-state index in [4.69, 9.17) is 14.7 Å². The van der Waals surface area contributed by atoms with Crippen molar-refractivity contribution in [2.24, 2.45) is 0 Å². The van der Waals surface area contributed by atoms with Crippen molar-refractivity contribution >= 4 is 5.91 Å². The number of ether oxygens (including phenoxy) is 2. The van der Waals surface area contributed by atoms with Gasteiger partial charge in [-0.25, -0.2) is 0 Å². The van der Waals surface area contributed by atoms with Crippen LogP contribution in [0.2, 0.25) is 0 Å². The minimum atomic E-state index is -0.130. The van der Waals surface area contributed by atoms with E-state index in [1.807, 2.05) is 6.07 Å². The van der Waals surface area contributed by atoms with E-state index in [0.717, 1.165) is 0 Å². The Labute approximate surface area is 107 Å². The normalized spacial score (nSPS) is 9.61. The summed E-state index contributed by atoms with van der Waals surface area (Å²) in [4.78, 5) is 13.2. The number of benzene rings is 1. The Balaban J connectivity index is 2.44. The van der Waals surface area contributed by atoms with Crippen LogP contribution >= 0.6 is 0 Å². The summed E-state index contributed by atoms with van der Waals surface area (Å²) in [6.07, 6.45) is 0. The summed E-state index contributed by atoms with van der Waals surface area (Å²) in [7, 11) is 3.28. The number of methoxy groups -OCH3 is 1. The van der Waals surface area contributed by atoms with Crippen LogP contribution in [0.15, 0.2) is 24.3 Å². The van der Waals surface area contributed by atoms with Gasteiger partial charge in [0, 0.05) is 20.7 Å². The highest BCUT2D eigenvalue weighted by atomic mass is 16.5. The molecule has 0 spiro atoms. The number of carbonyl (C=O) groups is 1. The predicted octanol–water partition coefficient (Wildman–Crippen LogP) is 1.04. The first-order valence-electron chi connectivity index (χ1n) is 5.53. The molecule has 0 heterocycles. The third kappa shape index (κ3) is 4.44. The maximum atomic E-state index is 11.7. The molecule has 18 heavy (non-hydrogen) atoms. The van der Waals surface area contributed by atoms with E-state index >= 15 is 0 Å². The average molecular weight is 248 g/mol. The highest BCUT2D eigenvalue weighted by Gasteiger charge is 2.09. The van der Waals surface area contributed by atoms with Crippen LogP contribution in [-0.2, 0) is 9.53 Å². The Morgan fingerprint density at radius 3 is 2.94 bits per heavy atom. The van der Waals surface area contributed by atoms with Crippen molar-refractivity contribution in [1.29, 1.82) is 5.26 Å². The lowest BCUT2D eigenvalue weighted by atomic mass is 10.2. The second kappa shape index (κ2) is 7.30. The first-order chi connectivity index (χ1) is 8.67. The summed E-state index contributed by atoms with van der Waals surface area (Å²) in [6.45, 7) is 0.970. The molecule has 0 aliphatic heterocycles. The smallest absolute Gasteiger partial charge is 0.260 e. The molecule has 0 fully saturated rings. The number of hydrogen-bond acceptors (Lipinski definition) is 4. The van der Waals surface area contributed by atoms with Crippen molar-refractivity contribution in [2.75, 3.05) is 33.9 Å². The fraction of sp³-hybridized carbons (Fsp3) is 0.385. The molecule has 0 atom stereocenters. The predicted molar refractivity (Wildman–Crippen MR) is 66.2 cm³/mol. The van der Waals surface area contributed by atoms with Crippen LogP contribution in [0.3, 0.4) is 0 Å². The lowest BCUT2D eigenvalue weighted by Gasteiger charge is -2.16. The first kappa shape index (κ1) is 14.0. The number of likely N-dealkylation sites (N-methyl/N-ethyl adjacent to an activating group) is 1. The van der Waals surface area contributed by atoms with E-state index in [0.29, 0.717) is 24.5 Å². The summed E-state index contributed by atoms with van der Waals surface area (Å²) >= 11 is 0. The van der Waals surface area contributed by atoms with Crippen LogP contribution in [-0.4, -0.2) is 44.7 Å². The quantitative estimate of drug-likeness (QED) is 0.754. The Morgan fingerprint density at radius 1 is 1.50 bits per heavy atom. The monoisotopic (exact) mass is 248 g/mol. The van der Waals surface area contributed by atoms with Gasteiger partial charge in [0.25, 0.3) is 5.91 Å². The van der Waals surface area contributed by atoms with Gasteiger partial charge in [-0.3, -0.25) is 4.79 Å². The third-order valence-electron chi connectivity index (χ3n) is 2.38. The largest absolute Gasteiger partial charge is 0.484 e. The number of hydrogen-bond donors (Lipinski definition) is 0. The average Bonchev–Trinajstić information content (AvgIpc) is 2.42. The molecule has 0 saturated carbocycles. The van der Waals surface area contributed by atoms with Crippen molar-refractivity contribution in [3.05, 3.63) is 29.8 Å². The van der Waals surface area contributed by atoms with Crippen LogP contribution < -0.4 is 4.74 Å². The topological polar surface area (TPSA) is 62.6 Å². The van der Waals surface area contributed by atoms with Gasteiger partial charge in [0.15, 0.2) is 6.61 Å². The lowest BCUT2D eigenvalue weighted by Crippen LogP contribution is -2.33. The zero-order valence-corrected chi connectivity index (χ0v) is 10.5. The molecular formula is C13H16N2O3. The third-order valence-corrected chi connectivity index (χ3v) is 2.38. The summed E-state index contributed by atoms with van der Waals surface area (Å²) in [6, 6.07) is 8.72. The minimum Gasteiger partial charge on any atom is -0.484 e. The zero-order chi connectivity index (χ0) is 13.4. The van der Waals surface area contributed by atoms with Gasteiger partial charge in [-0.2, -0.15) is 5.26 Å². The first-order valence-corrected chi connectivity index (χ1v) is 5.53. The summed E-state index contributed by atoms with van der Waals surface area (Å²) in [5.74, 6) is 0.386. The molecular weight excluding hydrogens is 232 g/mol. The fourth-order valence-electron chi connectivity index (χ4n) is 1.26. The summed E-state index contributed by atoms with van der Waals surface area (Å²) < 4.78 is 10.2. The molecule has 0 N–H and O–H groups in total. The Kier molecular flexibility index (Phi) is 5.68. The minimum absolute atomic E-state index is 0.0465. The molecule has 0 aliphatic rings. The summed E-state index contributed by atoms with van der Waals surface area (Å²) in [5, 5.41) is 8.73. The second-order valence-electron chi connectivity index (χ2n) is 3.74. The highest BCUT2D eigenvalue weighted by molar-refractivity contribution is 5.77. The standard InChI is InChI=1S/C13H16N2O3/c1-15(6-7-17-2)13(16)10-18-12-5-3-4-11(8-12)9-14/h3-5,8H,6-7,10H2,1-2H3. The van der Waals surface area contributed by atoms with Crippen LogP contribution in [0.1, 0.15) is 5.56 Å². The van der Waals surface area contributed by atoms with Crippen molar-refractivity contribution in [3.63, 3.8) is 0 Å². The van der Waals surface area contributed by atoms with Gasteiger partial charge in [0.05, 0.1) is 18.2 Å². The van der Waals surface area contributed by atoms with Crippen molar-refractivity contribution in [1.82, 2.24) is 4.90 Å². The summed E-state index contributed by atoms with van der Waals surface area (Å²) in [5.41, 5.74) is 0.507. The highest BCUT2D eigenvalue weighted by Crippen LogP contribution is 2.12. The van der Waals surface area contributed by atoms with Crippen molar-refractivity contribution in [3.8, 4) is 11.8 Å². The van der Waals surface area contributed by atoms with Crippen molar-refractivity contribution in [2.45, 2.75) is 0 Å². The maximum absolute atomic E-state index is 11.7. The van der Waals surface area contributed by atoms with Gasteiger partial charge >= 0.3 is 0 Å². The Morgan fingerprint density at radius 2 is 2.28 bits per heavy atom. The molecule has 0 aliphatic carbocycles. The Hall–Kier alpha value is -2.06. The van der Waals surface area contributed by atoms with Crippen LogP contribution in [0.25, 0.3) is 0 Å². The number of rotatable bonds is 6. The molecule has 0 radical (unpaired) electrons.